The molecule has 2 unspecified atom stereocenters. The number of ketones is 1. The summed E-state index contributed by atoms with van der Waals surface area (Å²) >= 11 is 0. The second kappa shape index (κ2) is 6.64. The van der Waals surface area contributed by atoms with Gasteiger partial charge in [-0.2, -0.15) is 0 Å². The number of carbonyl (C=O) groups excluding carboxylic acids is 1. The molecule has 2 bridgehead atoms. The van der Waals surface area contributed by atoms with Gasteiger partial charge in [0.2, 0.25) is 0 Å². The molecule has 2 nitrogen and oxygen atoms in total. The van der Waals surface area contributed by atoms with Crippen LogP contribution in [0.1, 0.15) is 65.5 Å². The van der Waals surface area contributed by atoms with Crippen LogP contribution in [0.2, 0.25) is 0 Å². The van der Waals surface area contributed by atoms with Crippen molar-refractivity contribution >= 4 is 11.9 Å². The fourth-order valence-corrected chi connectivity index (χ4v) is 5.39. The molecule has 0 heterocycles. The zero-order valence-corrected chi connectivity index (χ0v) is 17.6. The van der Waals surface area contributed by atoms with Crippen molar-refractivity contribution in [2.75, 3.05) is 19.6 Å². The van der Waals surface area contributed by atoms with Crippen molar-refractivity contribution in [1.82, 2.24) is 0 Å². The summed E-state index contributed by atoms with van der Waals surface area (Å²) in [6.07, 6.45) is 4.37. The first-order valence-corrected chi connectivity index (χ1v) is 10.4. The van der Waals surface area contributed by atoms with Crippen molar-refractivity contribution in [1.29, 1.82) is 0 Å². The van der Waals surface area contributed by atoms with E-state index in [9.17, 15) is 4.79 Å². The van der Waals surface area contributed by atoms with Crippen LogP contribution in [0, 0.1) is 16.7 Å². The van der Waals surface area contributed by atoms with Gasteiger partial charge >= 0.3 is 0 Å². The van der Waals surface area contributed by atoms with Crippen LogP contribution in [0.25, 0.3) is 6.08 Å². The Labute approximate surface area is 159 Å². The van der Waals surface area contributed by atoms with Gasteiger partial charge in [0.25, 0.3) is 0 Å². The number of Topliss-reactive ketones (excluding diaryl/α,β-unsaturated/α-hetero) is 1. The van der Waals surface area contributed by atoms with E-state index in [4.69, 9.17) is 0 Å². The van der Waals surface area contributed by atoms with E-state index in [0.717, 1.165) is 29.4 Å². The number of allylic oxidation sites excluding steroid dienone is 1. The molecule has 0 spiro atoms. The standard InChI is InChI=1S/C24H36NO/c1-7-25(8-2,9-3)17-19-12-10-18(11-13-19)16-20-21-14-15-24(6,22(20)26)23(21,4)5/h10-13,16,21H,7-9,14-15,17H2,1-6H3/q+1. The molecule has 0 N–H and O–H groups in total. The molecule has 0 saturated heterocycles. The lowest BCUT2D eigenvalue weighted by Crippen LogP contribution is -2.46. The van der Waals surface area contributed by atoms with Gasteiger partial charge in [0.05, 0.1) is 19.6 Å². The minimum absolute atomic E-state index is 0.0936. The quantitative estimate of drug-likeness (QED) is 0.489. The van der Waals surface area contributed by atoms with Crippen LogP contribution >= 0.6 is 0 Å². The van der Waals surface area contributed by atoms with E-state index in [1.165, 1.54) is 30.8 Å². The van der Waals surface area contributed by atoms with Gasteiger partial charge in [0.1, 0.15) is 6.54 Å². The van der Waals surface area contributed by atoms with Crippen LogP contribution < -0.4 is 0 Å². The van der Waals surface area contributed by atoms with Crippen molar-refractivity contribution in [2.24, 2.45) is 16.7 Å². The molecule has 3 rings (SSSR count). The van der Waals surface area contributed by atoms with Gasteiger partial charge in [-0.3, -0.25) is 4.79 Å². The first kappa shape index (κ1) is 19.4. The summed E-state index contributed by atoms with van der Waals surface area (Å²) in [5.74, 6) is 0.811. The highest BCUT2D eigenvalue weighted by Gasteiger charge is 2.63. The molecule has 0 amide bonds. The number of rotatable bonds is 6. The monoisotopic (exact) mass is 354 g/mol. The van der Waals surface area contributed by atoms with Gasteiger partial charge in [0, 0.05) is 11.0 Å². The van der Waals surface area contributed by atoms with Crippen LogP contribution in [0.4, 0.5) is 0 Å². The molecule has 26 heavy (non-hydrogen) atoms. The summed E-state index contributed by atoms with van der Waals surface area (Å²) < 4.78 is 1.13. The summed E-state index contributed by atoms with van der Waals surface area (Å²) in [4.78, 5) is 13.0. The SMILES string of the molecule is CC[N+](CC)(CC)Cc1ccc(C=C2C(=O)C3(C)CCC2C3(C)C)cc1. The third-order valence-electron chi connectivity index (χ3n) is 8.20. The molecule has 0 aromatic heterocycles. The molecule has 142 valence electrons. The molecule has 2 saturated carbocycles. The Morgan fingerprint density at radius 3 is 2.08 bits per heavy atom. The minimum atomic E-state index is -0.163. The first-order valence-electron chi connectivity index (χ1n) is 10.4. The van der Waals surface area contributed by atoms with Crippen LogP contribution in [0.5, 0.6) is 0 Å². The highest BCUT2D eigenvalue weighted by Crippen LogP contribution is 2.65. The van der Waals surface area contributed by atoms with Gasteiger partial charge in [-0.15, -0.1) is 0 Å². The number of hydrogen-bond acceptors (Lipinski definition) is 1. The number of hydrogen-bond donors (Lipinski definition) is 0. The summed E-state index contributed by atoms with van der Waals surface area (Å²) in [6.45, 7) is 18.2. The van der Waals surface area contributed by atoms with Crippen molar-refractivity contribution < 1.29 is 9.28 Å². The maximum Gasteiger partial charge on any atom is 0.165 e. The van der Waals surface area contributed by atoms with E-state index in [1.807, 2.05) is 0 Å². The van der Waals surface area contributed by atoms with E-state index in [2.05, 4.69) is 71.9 Å². The first-order chi connectivity index (χ1) is 12.2. The Bertz CT molecular complexity index is 700. The second-order valence-electron chi connectivity index (χ2n) is 9.26. The predicted molar refractivity (Wildman–Crippen MR) is 110 cm³/mol. The van der Waals surface area contributed by atoms with E-state index < -0.39 is 0 Å². The topological polar surface area (TPSA) is 17.1 Å². The molecule has 0 radical (unpaired) electrons. The fourth-order valence-electron chi connectivity index (χ4n) is 5.39. The van der Waals surface area contributed by atoms with E-state index >= 15 is 0 Å². The summed E-state index contributed by atoms with van der Waals surface area (Å²) in [5.41, 5.74) is 3.56. The van der Waals surface area contributed by atoms with Crippen molar-refractivity contribution in [3.63, 3.8) is 0 Å². The van der Waals surface area contributed by atoms with E-state index in [-0.39, 0.29) is 10.8 Å². The molecular formula is C24H36NO+. The zero-order valence-electron chi connectivity index (χ0n) is 17.6. The zero-order chi connectivity index (χ0) is 19.2. The number of fused-ring (bicyclic) bond motifs is 2. The second-order valence-corrected chi connectivity index (χ2v) is 9.26. The molecule has 1 aromatic rings. The molecule has 0 aliphatic heterocycles. The van der Waals surface area contributed by atoms with Gasteiger partial charge in [-0.05, 0) is 62.2 Å². The van der Waals surface area contributed by atoms with Gasteiger partial charge in [0.15, 0.2) is 5.78 Å². The maximum atomic E-state index is 13.0. The Hall–Kier alpha value is -1.41. The molecule has 2 aliphatic carbocycles. The normalized spacial score (nSPS) is 28.9. The molecule has 2 heteroatoms. The minimum Gasteiger partial charge on any atom is -0.321 e. The van der Waals surface area contributed by atoms with E-state index in [1.54, 1.807) is 0 Å². The van der Waals surface area contributed by atoms with Crippen molar-refractivity contribution in [3.05, 3.63) is 41.0 Å². The average Bonchev–Trinajstić information content (AvgIpc) is 2.95. The van der Waals surface area contributed by atoms with Crippen LogP contribution in [0.15, 0.2) is 29.8 Å². The Balaban J connectivity index is 1.83. The van der Waals surface area contributed by atoms with E-state index in [0.29, 0.717) is 11.7 Å². The summed E-state index contributed by atoms with van der Waals surface area (Å²) in [6, 6.07) is 8.91. The Morgan fingerprint density at radius 2 is 1.62 bits per heavy atom. The predicted octanol–water partition coefficient (Wildman–Crippen LogP) is 5.47. The molecular weight excluding hydrogens is 318 g/mol. The summed E-state index contributed by atoms with van der Waals surface area (Å²) in [5, 5.41) is 0. The van der Waals surface area contributed by atoms with Crippen LogP contribution in [0.3, 0.4) is 0 Å². The highest BCUT2D eigenvalue weighted by molar-refractivity contribution is 6.07. The molecule has 2 atom stereocenters. The number of benzene rings is 1. The Morgan fingerprint density at radius 1 is 1.04 bits per heavy atom. The lowest BCUT2D eigenvalue weighted by Gasteiger charge is -2.35. The van der Waals surface area contributed by atoms with Gasteiger partial charge in [-0.1, -0.05) is 45.0 Å². The molecule has 2 fully saturated rings. The smallest absolute Gasteiger partial charge is 0.165 e. The number of carbonyl (C=O) groups is 1. The largest absolute Gasteiger partial charge is 0.321 e. The molecule has 2 aliphatic rings. The lowest BCUT2D eigenvalue weighted by molar-refractivity contribution is -0.936. The fraction of sp³-hybridized carbons (Fsp3) is 0.625. The van der Waals surface area contributed by atoms with Crippen LogP contribution in [-0.2, 0) is 11.3 Å². The van der Waals surface area contributed by atoms with Crippen molar-refractivity contribution in [3.8, 4) is 0 Å². The highest BCUT2D eigenvalue weighted by atomic mass is 16.1. The molecule has 1 aromatic carbocycles. The van der Waals surface area contributed by atoms with Crippen LogP contribution in [-0.4, -0.2) is 29.9 Å². The van der Waals surface area contributed by atoms with Gasteiger partial charge < -0.3 is 4.48 Å². The third kappa shape index (κ3) is 2.78. The maximum absolute atomic E-state index is 13.0. The number of quaternary nitrogens is 1. The number of nitrogens with zero attached hydrogens (tertiary/aromatic N) is 1. The summed E-state index contributed by atoms with van der Waals surface area (Å²) in [7, 11) is 0. The van der Waals surface area contributed by atoms with Gasteiger partial charge in [-0.25, -0.2) is 0 Å². The third-order valence-corrected chi connectivity index (χ3v) is 8.20. The lowest BCUT2D eigenvalue weighted by atomic mass is 9.70. The average molecular weight is 355 g/mol. The van der Waals surface area contributed by atoms with Crippen molar-refractivity contribution in [2.45, 2.75) is 60.9 Å². The Kier molecular flexibility index (Phi) is 4.94.